The lowest BCUT2D eigenvalue weighted by Crippen LogP contribution is -1.97. The Kier molecular flexibility index (Phi) is 3.11. The van der Waals surface area contributed by atoms with E-state index in [0.29, 0.717) is 5.69 Å². The van der Waals surface area contributed by atoms with Crippen molar-refractivity contribution in [3.63, 3.8) is 0 Å². The van der Waals surface area contributed by atoms with Crippen LogP contribution in [-0.2, 0) is 7.05 Å². The molecular weight excluding hydrogens is 370 g/mol. The maximum atomic E-state index is 6.13. The molecule has 2 N–H and O–H groups in total. The average molecular weight is 381 g/mol. The molecule has 1 aromatic heterocycles. The van der Waals surface area contributed by atoms with Crippen molar-refractivity contribution in [1.82, 2.24) is 9.55 Å². The molecule has 19 heavy (non-hydrogen) atoms. The van der Waals surface area contributed by atoms with Crippen LogP contribution in [0.15, 0.2) is 45.3 Å². The molecule has 1 heterocycles. The number of benzene rings is 2. The van der Waals surface area contributed by atoms with E-state index in [-0.39, 0.29) is 0 Å². The fraction of sp³-hybridized carbons (Fsp3) is 0.0714. The van der Waals surface area contributed by atoms with Gasteiger partial charge in [-0.2, -0.15) is 0 Å². The van der Waals surface area contributed by atoms with Gasteiger partial charge in [-0.1, -0.05) is 22.0 Å². The lowest BCUT2D eigenvalue weighted by atomic mass is 10.1. The van der Waals surface area contributed by atoms with Crippen LogP contribution in [0.3, 0.4) is 0 Å². The van der Waals surface area contributed by atoms with Crippen LogP contribution in [0.2, 0.25) is 0 Å². The maximum absolute atomic E-state index is 6.13. The van der Waals surface area contributed by atoms with Crippen molar-refractivity contribution < 1.29 is 0 Å². The summed E-state index contributed by atoms with van der Waals surface area (Å²) < 4.78 is 3.96. The number of fused-ring (bicyclic) bond motifs is 1. The highest BCUT2D eigenvalue weighted by Gasteiger charge is 2.13. The summed E-state index contributed by atoms with van der Waals surface area (Å²) in [7, 11) is 2.00. The summed E-state index contributed by atoms with van der Waals surface area (Å²) in [6, 6.07) is 11.9. The van der Waals surface area contributed by atoms with Gasteiger partial charge in [0.25, 0.3) is 0 Å². The first-order valence-electron chi connectivity index (χ1n) is 5.74. The molecule has 0 aliphatic heterocycles. The Morgan fingerprint density at radius 1 is 1.16 bits per heavy atom. The van der Waals surface area contributed by atoms with E-state index < -0.39 is 0 Å². The van der Waals surface area contributed by atoms with Gasteiger partial charge in [-0.3, -0.25) is 0 Å². The van der Waals surface area contributed by atoms with Crippen molar-refractivity contribution in [2.45, 2.75) is 0 Å². The molecule has 0 amide bonds. The molecule has 0 aliphatic rings. The molecule has 3 nitrogen and oxygen atoms in total. The van der Waals surface area contributed by atoms with Crippen molar-refractivity contribution in [1.29, 1.82) is 0 Å². The zero-order chi connectivity index (χ0) is 13.6. The second-order valence-electron chi connectivity index (χ2n) is 4.33. The smallest absolute Gasteiger partial charge is 0.142 e. The van der Waals surface area contributed by atoms with Crippen LogP contribution in [0.25, 0.3) is 22.4 Å². The summed E-state index contributed by atoms with van der Waals surface area (Å²) in [5, 5.41) is 0. The Balaban J connectivity index is 2.31. The molecule has 0 aliphatic carbocycles. The molecule has 3 aromatic rings. The van der Waals surface area contributed by atoms with Gasteiger partial charge in [-0.15, -0.1) is 0 Å². The van der Waals surface area contributed by atoms with Gasteiger partial charge in [-0.25, -0.2) is 4.98 Å². The van der Waals surface area contributed by atoms with Gasteiger partial charge < -0.3 is 10.3 Å². The number of nitrogens with two attached hydrogens (primary N) is 1. The summed E-state index contributed by atoms with van der Waals surface area (Å²) in [4.78, 5) is 4.68. The monoisotopic (exact) mass is 379 g/mol. The van der Waals surface area contributed by atoms with E-state index in [1.165, 1.54) is 0 Å². The number of nitrogen functional groups attached to an aromatic ring is 1. The molecule has 2 aromatic carbocycles. The number of hydrogen-bond donors (Lipinski definition) is 1. The summed E-state index contributed by atoms with van der Waals surface area (Å²) in [6.07, 6.45) is 0. The summed E-state index contributed by atoms with van der Waals surface area (Å²) >= 11 is 6.92. The molecule has 3 rings (SSSR count). The number of imidazole rings is 1. The van der Waals surface area contributed by atoms with Crippen LogP contribution >= 0.6 is 31.9 Å². The molecular formula is C14H11Br2N3. The highest BCUT2D eigenvalue weighted by molar-refractivity contribution is 9.10. The number of halogens is 2. The molecule has 0 saturated heterocycles. The molecule has 0 unspecified atom stereocenters. The predicted molar refractivity (Wildman–Crippen MR) is 86.0 cm³/mol. The van der Waals surface area contributed by atoms with Gasteiger partial charge in [0.05, 0.1) is 16.7 Å². The van der Waals surface area contributed by atoms with Crippen molar-refractivity contribution in [2.24, 2.45) is 7.05 Å². The highest BCUT2D eigenvalue weighted by Crippen LogP contribution is 2.33. The Morgan fingerprint density at radius 2 is 1.95 bits per heavy atom. The number of hydrogen-bond acceptors (Lipinski definition) is 2. The highest BCUT2D eigenvalue weighted by atomic mass is 79.9. The predicted octanol–water partition coefficient (Wildman–Crippen LogP) is 4.35. The van der Waals surface area contributed by atoms with Crippen LogP contribution in [0.5, 0.6) is 0 Å². The molecule has 0 atom stereocenters. The quantitative estimate of drug-likeness (QED) is 0.638. The van der Waals surface area contributed by atoms with Crippen molar-refractivity contribution in [2.75, 3.05) is 5.73 Å². The third-order valence-corrected chi connectivity index (χ3v) is 4.32. The number of para-hydroxylation sites is 1. The van der Waals surface area contributed by atoms with Gasteiger partial charge in [0.1, 0.15) is 5.82 Å². The third kappa shape index (κ3) is 2.07. The number of aryl methyl sites for hydroxylation is 1. The van der Waals surface area contributed by atoms with E-state index in [0.717, 1.165) is 31.4 Å². The second kappa shape index (κ2) is 4.65. The van der Waals surface area contributed by atoms with E-state index in [1.807, 2.05) is 43.4 Å². The minimum Gasteiger partial charge on any atom is -0.397 e. The van der Waals surface area contributed by atoms with E-state index in [4.69, 9.17) is 5.73 Å². The van der Waals surface area contributed by atoms with E-state index >= 15 is 0 Å². The summed E-state index contributed by atoms with van der Waals surface area (Å²) in [5.74, 6) is 0.868. The van der Waals surface area contributed by atoms with Crippen LogP contribution in [0.1, 0.15) is 0 Å². The van der Waals surface area contributed by atoms with E-state index in [9.17, 15) is 0 Å². The average Bonchev–Trinajstić information content (AvgIpc) is 2.69. The molecule has 96 valence electrons. The van der Waals surface area contributed by atoms with Crippen LogP contribution in [0, 0.1) is 0 Å². The van der Waals surface area contributed by atoms with Crippen molar-refractivity contribution >= 4 is 48.6 Å². The summed E-state index contributed by atoms with van der Waals surface area (Å²) in [5.41, 5.74) is 9.80. The Hall–Kier alpha value is -1.33. The van der Waals surface area contributed by atoms with Gasteiger partial charge in [0.15, 0.2) is 0 Å². The van der Waals surface area contributed by atoms with Gasteiger partial charge in [0.2, 0.25) is 0 Å². The van der Waals surface area contributed by atoms with Crippen LogP contribution in [0.4, 0.5) is 5.69 Å². The Labute approximate surface area is 127 Å². The first kappa shape index (κ1) is 12.7. The van der Waals surface area contributed by atoms with Crippen molar-refractivity contribution in [3.8, 4) is 11.4 Å². The summed E-state index contributed by atoms with van der Waals surface area (Å²) in [6.45, 7) is 0. The number of rotatable bonds is 1. The molecule has 5 heteroatoms. The van der Waals surface area contributed by atoms with E-state index in [1.54, 1.807) is 0 Å². The van der Waals surface area contributed by atoms with Gasteiger partial charge in [0, 0.05) is 21.6 Å². The minimum atomic E-state index is 0.708. The molecule has 0 fully saturated rings. The lowest BCUT2D eigenvalue weighted by molar-refractivity contribution is 0.960. The SMILES string of the molecule is Cn1c(-c2cccc(Br)c2N)nc2cc(Br)ccc21. The lowest BCUT2D eigenvalue weighted by Gasteiger charge is -2.07. The van der Waals surface area contributed by atoms with Crippen molar-refractivity contribution in [3.05, 3.63) is 45.3 Å². The molecule has 0 radical (unpaired) electrons. The van der Waals surface area contributed by atoms with Crippen LogP contribution in [-0.4, -0.2) is 9.55 Å². The zero-order valence-corrected chi connectivity index (χ0v) is 13.4. The largest absolute Gasteiger partial charge is 0.397 e. The topological polar surface area (TPSA) is 43.8 Å². The van der Waals surface area contributed by atoms with Gasteiger partial charge >= 0.3 is 0 Å². The second-order valence-corrected chi connectivity index (χ2v) is 6.10. The molecule has 0 spiro atoms. The number of anilines is 1. The molecule has 0 saturated carbocycles. The Bertz CT molecular complexity index is 778. The number of aromatic nitrogens is 2. The fourth-order valence-corrected chi connectivity index (χ4v) is 2.86. The molecule has 0 bridgehead atoms. The zero-order valence-electron chi connectivity index (χ0n) is 10.2. The first-order chi connectivity index (χ1) is 9.08. The standard InChI is InChI=1S/C14H11Br2N3/c1-19-12-6-5-8(15)7-11(12)18-14(19)9-3-2-4-10(16)13(9)17/h2-7H,17H2,1H3. The maximum Gasteiger partial charge on any atom is 0.142 e. The van der Waals surface area contributed by atoms with Crippen LogP contribution < -0.4 is 5.73 Å². The fourth-order valence-electron chi connectivity index (χ4n) is 2.15. The van der Waals surface area contributed by atoms with E-state index in [2.05, 4.69) is 41.4 Å². The normalized spacial score (nSPS) is 11.1. The van der Waals surface area contributed by atoms with Gasteiger partial charge in [-0.05, 0) is 46.3 Å². The number of nitrogens with zero attached hydrogens (tertiary/aromatic N) is 2. The first-order valence-corrected chi connectivity index (χ1v) is 7.33. The Morgan fingerprint density at radius 3 is 2.74 bits per heavy atom. The third-order valence-electron chi connectivity index (χ3n) is 3.14. The minimum absolute atomic E-state index is 0.708.